The lowest BCUT2D eigenvalue weighted by Crippen LogP contribution is -2.70. The fourth-order valence-electron chi connectivity index (χ4n) is 3.15. The van der Waals surface area contributed by atoms with Crippen LogP contribution in [0.2, 0.25) is 0 Å². The van der Waals surface area contributed by atoms with Gasteiger partial charge in [-0.1, -0.05) is 19.1 Å². The molecule has 1 amide bonds. The van der Waals surface area contributed by atoms with E-state index in [9.17, 15) is 4.79 Å². The number of benzene rings is 1. The van der Waals surface area contributed by atoms with Crippen LogP contribution in [0.15, 0.2) is 24.3 Å². The lowest BCUT2D eigenvalue weighted by atomic mass is 9.84. The number of amides is 1. The molecule has 4 nitrogen and oxygen atoms in total. The summed E-state index contributed by atoms with van der Waals surface area (Å²) in [4.78, 5) is 14.2. The van der Waals surface area contributed by atoms with Crippen LogP contribution in [0.5, 0.6) is 5.75 Å². The minimum Gasteiger partial charge on any atom is -0.497 e. The summed E-state index contributed by atoms with van der Waals surface area (Å²) in [6, 6.07) is 7.90. The minimum absolute atomic E-state index is 0.244. The van der Waals surface area contributed by atoms with E-state index < -0.39 is 0 Å². The molecular formula is C15H20N2O2. The summed E-state index contributed by atoms with van der Waals surface area (Å²) in [6.07, 6.45) is 0.977. The Kier molecular flexibility index (Phi) is 2.97. The largest absolute Gasteiger partial charge is 0.497 e. The van der Waals surface area contributed by atoms with Gasteiger partial charge in [0.05, 0.1) is 7.11 Å². The number of rotatable bonds is 3. The molecule has 0 saturated carbocycles. The van der Waals surface area contributed by atoms with Gasteiger partial charge in [0.2, 0.25) is 5.91 Å². The van der Waals surface area contributed by atoms with Crippen LogP contribution in [0.1, 0.15) is 18.9 Å². The van der Waals surface area contributed by atoms with E-state index >= 15 is 0 Å². The highest BCUT2D eigenvalue weighted by Crippen LogP contribution is 2.35. The van der Waals surface area contributed by atoms with Gasteiger partial charge in [-0.25, -0.2) is 0 Å². The maximum absolute atomic E-state index is 12.3. The molecule has 2 atom stereocenters. The lowest BCUT2D eigenvalue weighted by Gasteiger charge is -2.47. The molecule has 1 unspecified atom stereocenters. The summed E-state index contributed by atoms with van der Waals surface area (Å²) in [5.74, 6) is 1.71. The van der Waals surface area contributed by atoms with E-state index in [1.165, 1.54) is 0 Å². The van der Waals surface area contributed by atoms with E-state index in [1.807, 2.05) is 29.2 Å². The second-order valence-electron chi connectivity index (χ2n) is 5.78. The number of carbonyl (C=O) groups is 1. The smallest absolute Gasteiger partial charge is 0.245 e. The lowest BCUT2D eigenvalue weighted by molar-refractivity contribution is -0.153. The van der Waals surface area contributed by atoms with Gasteiger partial charge >= 0.3 is 0 Å². The maximum Gasteiger partial charge on any atom is 0.245 e. The first-order valence-electron chi connectivity index (χ1n) is 6.80. The van der Waals surface area contributed by atoms with E-state index in [0.717, 1.165) is 30.8 Å². The zero-order chi connectivity index (χ0) is 13.5. The van der Waals surface area contributed by atoms with Crippen molar-refractivity contribution < 1.29 is 9.53 Å². The first kappa shape index (κ1) is 12.5. The van der Waals surface area contributed by atoms with Crippen molar-refractivity contribution in [1.29, 1.82) is 0 Å². The Hall–Kier alpha value is -1.55. The molecule has 1 aromatic rings. The van der Waals surface area contributed by atoms with Gasteiger partial charge in [0.1, 0.15) is 11.3 Å². The highest BCUT2D eigenvalue weighted by molar-refractivity contribution is 5.93. The van der Waals surface area contributed by atoms with Crippen LogP contribution in [0.25, 0.3) is 0 Å². The summed E-state index contributed by atoms with van der Waals surface area (Å²) in [6.45, 7) is 4.69. The van der Waals surface area contributed by atoms with Crippen LogP contribution in [-0.4, -0.2) is 36.5 Å². The van der Waals surface area contributed by atoms with Gasteiger partial charge in [-0.15, -0.1) is 0 Å². The molecule has 1 N–H and O–H groups in total. The van der Waals surface area contributed by atoms with Crippen molar-refractivity contribution >= 4 is 5.91 Å². The third kappa shape index (κ3) is 2.10. The van der Waals surface area contributed by atoms with Crippen LogP contribution in [0.4, 0.5) is 0 Å². The number of β-lactam (4-membered cyclic amide) rings is 1. The van der Waals surface area contributed by atoms with Gasteiger partial charge in [0.15, 0.2) is 0 Å². The van der Waals surface area contributed by atoms with E-state index in [0.29, 0.717) is 12.5 Å². The highest BCUT2D eigenvalue weighted by Gasteiger charge is 2.54. The third-order valence-electron chi connectivity index (χ3n) is 4.18. The first-order chi connectivity index (χ1) is 9.13. The molecule has 102 valence electrons. The van der Waals surface area contributed by atoms with E-state index in [2.05, 4.69) is 12.2 Å². The summed E-state index contributed by atoms with van der Waals surface area (Å²) in [7, 11) is 1.66. The second kappa shape index (κ2) is 4.53. The molecule has 0 aromatic heterocycles. The van der Waals surface area contributed by atoms with Gasteiger partial charge in [0.25, 0.3) is 0 Å². The standard InChI is InChI=1S/C15H20N2O2/c1-11-7-15(16-8-11)10-17(14(15)18)9-12-3-5-13(19-2)6-4-12/h3-6,11,16H,7-10H2,1-2H3/t11-,15?/m0/s1. The number of nitrogens with one attached hydrogen (secondary N) is 1. The zero-order valence-corrected chi connectivity index (χ0v) is 11.5. The molecule has 2 aliphatic rings. The Labute approximate surface area is 113 Å². The Morgan fingerprint density at radius 2 is 2.16 bits per heavy atom. The molecule has 1 aromatic carbocycles. The molecule has 2 heterocycles. The number of methoxy groups -OCH3 is 1. The molecule has 0 bridgehead atoms. The van der Waals surface area contributed by atoms with Crippen LogP contribution in [0, 0.1) is 5.92 Å². The fraction of sp³-hybridized carbons (Fsp3) is 0.533. The number of carbonyl (C=O) groups excluding carboxylic acids is 1. The van der Waals surface area contributed by atoms with Crippen molar-refractivity contribution in [1.82, 2.24) is 10.2 Å². The molecular weight excluding hydrogens is 240 g/mol. The van der Waals surface area contributed by atoms with E-state index in [-0.39, 0.29) is 11.4 Å². The van der Waals surface area contributed by atoms with Crippen molar-refractivity contribution in [2.75, 3.05) is 20.2 Å². The fourth-order valence-corrected chi connectivity index (χ4v) is 3.15. The van der Waals surface area contributed by atoms with Crippen LogP contribution in [0.3, 0.4) is 0 Å². The molecule has 19 heavy (non-hydrogen) atoms. The van der Waals surface area contributed by atoms with Gasteiger partial charge in [-0.2, -0.15) is 0 Å². The zero-order valence-electron chi connectivity index (χ0n) is 11.5. The topological polar surface area (TPSA) is 41.6 Å². The quantitative estimate of drug-likeness (QED) is 0.835. The summed E-state index contributed by atoms with van der Waals surface area (Å²) in [5, 5.41) is 3.39. The number of hydrogen-bond acceptors (Lipinski definition) is 3. The van der Waals surface area contributed by atoms with Gasteiger partial charge in [0, 0.05) is 13.1 Å². The first-order valence-corrected chi connectivity index (χ1v) is 6.80. The predicted octanol–water partition coefficient (Wildman–Crippen LogP) is 1.41. The predicted molar refractivity (Wildman–Crippen MR) is 72.9 cm³/mol. The normalized spacial score (nSPS) is 29.7. The molecule has 2 fully saturated rings. The van der Waals surface area contributed by atoms with Crippen molar-refractivity contribution in [2.45, 2.75) is 25.4 Å². The van der Waals surface area contributed by atoms with Crippen molar-refractivity contribution in [2.24, 2.45) is 5.92 Å². The number of nitrogens with zero attached hydrogens (tertiary/aromatic N) is 1. The van der Waals surface area contributed by atoms with Crippen molar-refractivity contribution in [3.05, 3.63) is 29.8 Å². The highest BCUT2D eigenvalue weighted by atomic mass is 16.5. The van der Waals surface area contributed by atoms with Crippen molar-refractivity contribution in [3.8, 4) is 5.75 Å². The Bertz CT molecular complexity index is 485. The maximum atomic E-state index is 12.3. The summed E-state index contributed by atoms with van der Waals surface area (Å²) >= 11 is 0. The molecule has 2 saturated heterocycles. The van der Waals surface area contributed by atoms with Crippen molar-refractivity contribution in [3.63, 3.8) is 0 Å². The number of hydrogen-bond donors (Lipinski definition) is 1. The monoisotopic (exact) mass is 260 g/mol. The van der Waals surface area contributed by atoms with Crippen LogP contribution >= 0.6 is 0 Å². The summed E-state index contributed by atoms with van der Waals surface area (Å²) < 4.78 is 5.13. The average molecular weight is 260 g/mol. The average Bonchev–Trinajstić information content (AvgIpc) is 2.83. The number of ether oxygens (including phenoxy) is 1. The van der Waals surface area contributed by atoms with Gasteiger partial charge in [-0.05, 0) is 36.6 Å². The Balaban J connectivity index is 1.62. The molecule has 1 spiro atoms. The SMILES string of the molecule is COc1ccc(CN2CC3(C[C@H](C)CN3)C2=O)cc1. The van der Waals surface area contributed by atoms with Crippen LogP contribution < -0.4 is 10.1 Å². The molecule has 3 rings (SSSR count). The molecule has 0 aliphatic carbocycles. The Morgan fingerprint density at radius 1 is 1.42 bits per heavy atom. The molecule has 2 aliphatic heterocycles. The number of likely N-dealkylation sites (tertiary alicyclic amines) is 1. The van der Waals surface area contributed by atoms with E-state index in [4.69, 9.17) is 4.74 Å². The van der Waals surface area contributed by atoms with Gasteiger partial charge in [-0.3, -0.25) is 4.79 Å². The Morgan fingerprint density at radius 3 is 2.68 bits per heavy atom. The molecule has 4 heteroatoms. The summed E-state index contributed by atoms with van der Waals surface area (Å²) in [5.41, 5.74) is 0.904. The van der Waals surface area contributed by atoms with Gasteiger partial charge < -0.3 is 15.0 Å². The third-order valence-corrected chi connectivity index (χ3v) is 4.18. The minimum atomic E-state index is -0.244. The molecule has 0 radical (unpaired) electrons. The van der Waals surface area contributed by atoms with Crippen LogP contribution in [-0.2, 0) is 11.3 Å². The second-order valence-corrected chi connectivity index (χ2v) is 5.78. The van der Waals surface area contributed by atoms with E-state index in [1.54, 1.807) is 7.11 Å².